The largest absolute Gasteiger partial charge is 0.497 e. The summed E-state index contributed by atoms with van der Waals surface area (Å²) in [5, 5.41) is 9.74. The van der Waals surface area contributed by atoms with Crippen LogP contribution in [-0.4, -0.2) is 23.2 Å². The number of aromatic amines is 1. The van der Waals surface area contributed by atoms with E-state index in [-0.39, 0.29) is 5.91 Å². The van der Waals surface area contributed by atoms with Crippen LogP contribution in [-0.2, 0) is 6.54 Å². The summed E-state index contributed by atoms with van der Waals surface area (Å²) >= 11 is 0. The van der Waals surface area contributed by atoms with Crippen LogP contribution >= 0.6 is 0 Å². The molecule has 0 spiro atoms. The van der Waals surface area contributed by atoms with Gasteiger partial charge in [0.25, 0.3) is 5.91 Å². The molecule has 2 N–H and O–H groups in total. The SMILES string of the molecule is COc1cccc(CNC(=O)c2cc(C(C)C)[nH]n2)c1. The Hall–Kier alpha value is -2.30. The molecule has 0 aliphatic heterocycles. The average molecular weight is 273 g/mol. The molecular formula is C15H19N3O2. The predicted octanol–water partition coefficient (Wildman–Crippen LogP) is 2.47. The van der Waals surface area contributed by atoms with Gasteiger partial charge in [0.1, 0.15) is 11.4 Å². The molecule has 0 atom stereocenters. The van der Waals surface area contributed by atoms with Crippen molar-refractivity contribution >= 4 is 5.91 Å². The van der Waals surface area contributed by atoms with Crippen LogP contribution in [0.3, 0.4) is 0 Å². The molecule has 0 saturated heterocycles. The molecule has 2 aromatic rings. The van der Waals surface area contributed by atoms with Gasteiger partial charge in [-0.3, -0.25) is 9.89 Å². The number of hydrogen-bond donors (Lipinski definition) is 2. The van der Waals surface area contributed by atoms with Gasteiger partial charge in [0.15, 0.2) is 0 Å². The number of carbonyl (C=O) groups excluding carboxylic acids is 1. The van der Waals surface area contributed by atoms with Crippen LogP contribution in [0, 0.1) is 0 Å². The average Bonchev–Trinajstić information content (AvgIpc) is 2.95. The lowest BCUT2D eigenvalue weighted by molar-refractivity contribution is 0.0946. The molecule has 0 bridgehead atoms. The minimum Gasteiger partial charge on any atom is -0.497 e. The number of nitrogens with one attached hydrogen (secondary N) is 2. The lowest BCUT2D eigenvalue weighted by atomic mass is 10.1. The van der Waals surface area contributed by atoms with Crippen LogP contribution in [0.4, 0.5) is 0 Å². The van der Waals surface area contributed by atoms with Gasteiger partial charge in [0.2, 0.25) is 0 Å². The fraction of sp³-hybridized carbons (Fsp3) is 0.333. The number of carbonyl (C=O) groups is 1. The summed E-state index contributed by atoms with van der Waals surface area (Å²) in [7, 11) is 1.62. The number of H-pyrrole nitrogens is 1. The van der Waals surface area contributed by atoms with Crippen molar-refractivity contribution in [3.8, 4) is 5.75 Å². The second kappa shape index (κ2) is 6.23. The van der Waals surface area contributed by atoms with Gasteiger partial charge in [0, 0.05) is 12.2 Å². The molecule has 1 aromatic carbocycles. The Morgan fingerprint density at radius 1 is 1.40 bits per heavy atom. The third kappa shape index (κ3) is 3.38. The first kappa shape index (κ1) is 14.1. The first-order valence-electron chi connectivity index (χ1n) is 6.56. The first-order valence-corrected chi connectivity index (χ1v) is 6.56. The van der Waals surface area contributed by atoms with Crippen LogP contribution < -0.4 is 10.1 Å². The van der Waals surface area contributed by atoms with Crippen molar-refractivity contribution in [2.45, 2.75) is 26.3 Å². The van der Waals surface area contributed by atoms with E-state index in [1.165, 1.54) is 0 Å². The molecule has 0 radical (unpaired) electrons. The Labute approximate surface area is 118 Å². The van der Waals surface area contributed by atoms with Gasteiger partial charge >= 0.3 is 0 Å². The van der Waals surface area contributed by atoms with Crippen LogP contribution in [0.2, 0.25) is 0 Å². The molecule has 0 aliphatic carbocycles. The Balaban J connectivity index is 1.97. The highest BCUT2D eigenvalue weighted by molar-refractivity contribution is 5.92. The molecule has 1 amide bonds. The Bertz CT molecular complexity index is 590. The number of benzene rings is 1. The molecule has 5 nitrogen and oxygen atoms in total. The molecule has 0 aliphatic rings. The van der Waals surface area contributed by atoms with E-state index >= 15 is 0 Å². The summed E-state index contributed by atoms with van der Waals surface area (Å²) < 4.78 is 5.15. The standard InChI is InChI=1S/C15H19N3O2/c1-10(2)13-8-14(18-17-13)15(19)16-9-11-5-4-6-12(7-11)20-3/h4-8,10H,9H2,1-3H3,(H,16,19)(H,17,18). The van der Waals surface area contributed by atoms with E-state index in [2.05, 4.69) is 15.5 Å². The number of amides is 1. The summed E-state index contributed by atoms with van der Waals surface area (Å²) in [4.78, 5) is 12.0. The van der Waals surface area contributed by atoms with Crippen molar-refractivity contribution in [1.29, 1.82) is 0 Å². The number of rotatable bonds is 5. The highest BCUT2D eigenvalue weighted by atomic mass is 16.5. The Kier molecular flexibility index (Phi) is 4.40. The van der Waals surface area contributed by atoms with E-state index in [4.69, 9.17) is 4.74 Å². The number of nitrogens with zero attached hydrogens (tertiary/aromatic N) is 1. The van der Waals surface area contributed by atoms with Gasteiger partial charge in [0.05, 0.1) is 7.11 Å². The first-order chi connectivity index (χ1) is 9.60. The normalized spacial score (nSPS) is 10.6. The van der Waals surface area contributed by atoms with E-state index in [0.29, 0.717) is 18.2 Å². The molecule has 106 valence electrons. The Morgan fingerprint density at radius 3 is 2.85 bits per heavy atom. The van der Waals surface area contributed by atoms with Crippen molar-refractivity contribution in [2.24, 2.45) is 0 Å². The third-order valence-electron chi connectivity index (χ3n) is 3.04. The van der Waals surface area contributed by atoms with Crippen molar-refractivity contribution < 1.29 is 9.53 Å². The molecule has 0 fully saturated rings. The highest BCUT2D eigenvalue weighted by Gasteiger charge is 2.11. The molecule has 1 heterocycles. The maximum absolute atomic E-state index is 12.0. The van der Waals surface area contributed by atoms with Gasteiger partial charge < -0.3 is 10.1 Å². The van der Waals surface area contributed by atoms with Gasteiger partial charge in [-0.2, -0.15) is 5.10 Å². The monoisotopic (exact) mass is 273 g/mol. The molecule has 20 heavy (non-hydrogen) atoms. The fourth-order valence-corrected chi connectivity index (χ4v) is 1.80. The van der Waals surface area contributed by atoms with Crippen LogP contribution in [0.15, 0.2) is 30.3 Å². The second-order valence-electron chi connectivity index (χ2n) is 4.90. The third-order valence-corrected chi connectivity index (χ3v) is 3.04. The van der Waals surface area contributed by atoms with Crippen molar-refractivity contribution in [1.82, 2.24) is 15.5 Å². The fourth-order valence-electron chi connectivity index (χ4n) is 1.80. The van der Waals surface area contributed by atoms with Crippen LogP contribution in [0.1, 0.15) is 41.5 Å². The van der Waals surface area contributed by atoms with Crippen LogP contribution in [0.5, 0.6) is 5.75 Å². The maximum Gasteiger partial charge on any atom is 0.272 e. The molecule has 5 heteroatoms. The number of aromatic nitrogens is 2. The number of hydrogen-bond acceptors (Lipinski definition) is 3. The van der Waals surface area contributed by atoms with Gasteiger partial charge in [-0.05, 0) is 29.7 Å². The van der Waals surface area contributed by atoms with Gasteiger partial charge in [-0.15, -0.1) is 0 Å². The summed E-state index contributed by atoms with van der Waals surface area (Å²) in [6, 6.07) is 9.38. The van der Waals surface area contributed by atoms with Crippen molar-refractivity contribution in [3.63, 3.8) is 0 Å². The zero-order valence-electron chi connectivity index (χ0n) is 11.9. The smallest absolute Gasteiger partial charge is 0.272 e. The molecule has 0 saturated carbocycles. The molecule has 2 rings (SSSR count). The maximum atomic E-state index is 12.0. The highest BCUT2D eigenvalue weighted by Crippen LogP contribution is 2.13. The summed E-state index contributed by atoms with van der Waals surface area (Å²) in [5.74, 6) is 0.914. The van der Waals surface area contributed by atoms with Gasteiger partial charge in [-0.25, -0.2) is 0 Å². The van der Waals surface area contributed by atoms with E-state index < -0.39 is 0 Å². The Morgan fingerprint density at radius 2 is 2.20 bits per heavy atom. The minimum absolute atomic E-state index is 0.184. The van der Waals surface area contributed by atoms with E-state index in [1.807, 2.05) is 38.1 Å². The lowest BCUT2D eigenvalue weighted by Crippen LogP contribution is -2.23. The summed E-state index contributed by atoms with van der Waals surface area (Å²) in [6.45, 7) is 4.54. The molecule has 0 unspecified atom stereocenters. The quantitative estimate of drug-likeness (QED) is 0.879. The van der Waals surface area contributed by atoms with Crippen molar-refractivity contribution in [2.75, 3.05) is 7.11 Å². The predicted molar refractivity (Wildman–Crippen MR) is 76.8 cm³/mol. The van der Waals surface area contributed by atoms with E-state index in [9.17, 15) is 4.79 Å². The zero-order valence-corrected chi connectivity index (χ0v) is 11.9. The van der Waals surface area contributed by atoms with Crippen LogP contribution in [0.25, 0.3) is 0 Å². The lowest BCUT2D eigenvalue weighted by Gasteiger charge is -2.05. The van der Waals surface area contributed by atoms with Gasteiger partial charge in [-0.1, -0.05) is 26.0 Å². The number of methoxy groups -OCH3 is 1. The van der Waals surface area contributed by atoms with E-state index in [0.717, 1.165) is 17.0 Å². The number of ether oxygens (including phenoxy) is 1. The molecule has 1 aromatic heterocycles. The summed E-state index contributed by atoms with van der Waals surface area (Å²) in [6.07, 6.45) is 0. The molecular weight excluding hydrogens is 254 g/mol. The zero-order chi connectivity index (χ0) is 14.5. The topological polar surface area (TPSA) is 67.0 Å². The summed E-state index contributed by atoms with van der Waals surface area (Å²) in [5.41, 5.74) is 2.35. The minimum atomic E-state index is -0.184. The second-order valence-corrected chi connectivity index (χ2v) is 4.90. The van der Waals surface area contributed by atoms with Crippen molar-refractivity contribution in [3.05, 3.63) is 47.3 Å². The van der Waals surface area contributed by atoms with E-state index in [1.54, 1.807) is 13.2 Å².